The van der Waals surface area contributed by atoms with Crippen molar-refractivity contribution in [2.24, 2.45) is 17.8 Å². The van der Waals surface area contributed by atoms with E-state index in [-0.39, 0.29) is 5.91 Å². The van der Waals surface area contributed by atoms with E-state index in [0.29, 0.717) is 30.2 Å². The van der Waals surface area contributed by atoms with E-state index in [1.807, 2.05) is 0 Å². The second-order valence-electron chi connectivity index (χ2n) is 5.67. The van der Waals surface area contributed by atoms with Gasteiger partial charge in [0.15, 0.2) is 0 Å². The van der Waals surface area contributed by atoms with Gasteiger partial charge in [-0.1, -0.05) is 13.8 Å². The van der Waals surface area contributed by atoms with Crippen LogP contribution < -0.4 is 10.6 Å². The first kappa shape index (κ1) is 11.9. The molecule has 1 aliphatic carbocycles. The number of rotatable bonds is 4. The number of carbonyl (C=O) groups is 1. The lowest BCUT2D eigenvalue weighted by molar-refractivity contribution is -0.122. The maximum absolute atomic E-state index is 11.8. The van der Waals surface area contributed by atoms with Gasteiger partial charge < -0.3 is 10.6 Å². The van der Waals surface area contributed by atoms with Crippen LogP contribution in [0.5, 0.6) is 0 Å². The van der Waals surface area contributed by atoms with E-state index in [0.717, 1.165) is 13.1 Å². The molecule has 4 unspecified atom stereocenters. The van der Waals surface area contributed by atoms with Crippen molar-refractivity contribution >= 4 is 5.91 Å². The van der Waals surface area contributed by atoms with Crippen molar-refractivity contribution in [3.8, 4) is 0 Å². The van der Waals surface area contributed by atoms with Crippen molar-refractivity contribution < 1.29 is 4.79 Å². The van der Waals surface area contributed by atoms with Crippen LogP contribution in [0, 0.1) is 17.8 Å². The third kappa shape index (κ3) is 3.21. The van der Waals surface area contributed by atoms with Crippen molar-refractivity contribution in [3.63, 3.8) is 0 Å². The maximum atomic E-state index is 11.8. The molecule has 92 valence electrons. The van der Waals surface area contributed by atoms with E-state index in [1.54, 1.807) is 0 Å². The number of hydrogen-bond acceptors (Lipinski definition) is 2. The summed E-state index contributed by atoms with van der Waals surface area (Å²) in [6.07, 6.45) is 4.41. The predicted octanol–water partition coefficient (Wildman–Crippen LogP) is 1.54. The summed E-state index contributed by atoms with van der Waals surface area (Å²) in [4.78, 5) is 11.8. The third-order valence-electron chi connectivity index (χ3n) is 4.10. The first-order valence-corrected chi connectivity index (χ1v) is 6.67. The molecule has 0 bridgehead atoms. The molecule has 0 radical (unpaired) electrons. The molecule has 1 saturated carbocycles. The van der Waals surface area contributed by atoms with Crippen LogP contribution in [0.1, 0.15) is 39.5 Å². The van der Waals surface area contributed by atoms with Crippen molar-refractivity contribution in [2.75, 3.05) is 13.1 Å². The molecule has 0 aromatic heterocycles. The van der Waals surface area contributed by atoms with Crippen LogP contribution in [-0.2, 0) is 4.79 Å². The number of hydrogen-bond donors (Lipinski definition) is 2. The molecular formula is C13H24N2O. The molecule has 0 aromatic rings. The Morgan fingerprint density at radius 3 is 2.88 bits per heavy atom. The Morgan fingerprint density at radius 1 is 1.56 bits per heavy atom. The molecule has 1 heterocycles. The standard InChI is InChI=1S/C13H24N2O/c1-9(11-4-3-5-14-8-11)7-13(16)15-12-6-10(12)2/h9-12,14H,3-8H2,1-2H3,(H,15,16). The lowest BCUT2D eigenvalue weighted by Crippen LogP contribution is -2.36. The zero-order chi connectivity index (χ0) is 11.5. The minimum absolute atomic E-state index is 0.257. The van der Waals surface area contributed by atoms with Gasteiger partial charge in [0.05, 0.1) is 0 Å². The number of nitrogens with one attached hydrogen (secondary N) is 2. The molecule has 0 aromatic carbocycles. The quantitative estimate of drug-likeness (QED) is 0.760. The van der Waals surface area contributed by atoms with Gasteiger partial charge in [0.2, 0.25) is 5.91 Å². The molecule has 16 heavy (non-hydrogen) atoms. The van der Waals surface area contributed by atoms with Gasteiger partial charge in [-0.25, -0.2) is 0 Å². The summed E-state index contributed by atoms with van der Waals surface area (Å²) in [5.74, 6) is 2.17. The van der Waals surface area contributed by atoms with Gasteiger partial charge in [-0.15, -0.1) is 0 Å². The van der Waals surface area contributed by atoms with Gasteiger partial charge >= 0.3 is 0 Å². The molecule has 2 aliphatic rings. The summed E-state index contributed by atoms with van der Waals surface area (Å²) in [5.41, 5.74) is 0. The molecule has 3 heteroatoms. The summed E-state index contributed by atoms with van der Waals surface area (Å²) >= 11 is 0. The highest BCUT2D eigenvalue weighted by Crippen LogP contribution is 2.29. The number of piperidine rings is 1. The second kappa shape index (κ2) is 5.17. The topological polar surface area (TPSA) is 41.1 Å². The van der Waals surface area contributed by atoms with Crippen LogP contribution in [0.3, 0.4) is 0 Å². The Morgan fingerprint density at radius 2 is 2.31 bits per heavy atom. The Balaban J connectivity index is 1.68. The number of carbonyl (C=O) groups excluding carboxylic acids is 1. The fraction of sp³-hybridized carbons (Fsp3) is 0.923. The summed E-state index contributed by atoms with van der Waals surface area (Å²) in [5, 5.41) is 6.53. The van der Waals surface area contributed by atoms with Crippen molar-refractivity contribution in [1.29, 1.82) is 0 Å². The highest BCUT2D eigenvalue weighted by Gasteiger charge is 2.34. The molecule has 2 rings (SSSR count). The molecule has 1 saturated heterocycles. The average Bonchev–Trinajstić information content (AvgIpc) is 2.95. The first-order valence-electron chi connectivity index (χ1n) is 6.67. The molecule has 0 spiro atoms. The lowest BCUT2D eigenvalue weighted by atomic mass is 9.85. The minimum Gasteiger partial charge on any atom is -0.353 e. The molecule has 2 fully saturated rings. The Bertz CT molecular complexity index is 248. The van der Waals surface area contributed by atoms with Crippen molar-refractivity contribution in [2.45, 2.75) is 45.6 Å². The highest BCUT2D eigenvalue weighted by molar-refractivity contribution is 5.76. The zero-order valence-corrected chi connectivity index (χ0v) is 10.5. The summed E-state index contributed by atoms with van der Waals surface area (Å²) < 4.78 is 0. The first-order chi connectivity index (χ1) is 7.66. The van der Waals surface area contributed by atoms with Crippen LogP contribution in [0.25, 0.3) is 0 Å². The fourth-order valence-corrected chi connectivity index (χ4v) is 2.61. The molecule has 2 N–H and O–H groups in total. The van der Waals surface area contributed by atoms with Gasteiger partial charge in [0, 0.05) is 12.5 Å². The van der Waals surface area contributed by atoms with Crippen molar-refractivity contribution in [3.05, 3.63) is 0 Å². The van der Waals surface area contributed by atoms with E-state index in [4.69, 9.17) is 0 Å². The summed E-state index contributed by atoms with van der Waals surface area (Å²) in [6, 6.07) is 0.476. The van der Waals surface area contributed by atoms with Gasteiger partial charge in [-0.3, -0.25) is 4.79 Å². The van der Waals surface area contributed by atoms with Crippen LogP contribution in [-0.4, -0.2) is 25.0 Å². The minimum atomic E-state index is 0.257. The van der Waals surface area contributed by atoms with Gasteiger partial charge in [0.1, 0.15) is 0 Å². The smallest absolute Gasteiger partial charge is 0.220 e. The second-order valence-corrected chi connectivity index (χ2v) is 5.67. The lowest BCUT2D eigenvalue weighted by Gasteiger charge is -2.28. The normalized spacial score (nSPS) is 35.5. The van der Waals surface area contributed by atoms with Gasteiger partial charge in [-0.05, 0) is 50.1 Å². The summed E-state index contributed by atoms with van der Waals surface area (Å²) in [7, 11) is 0. The largest absolute Gasteiger partial charge is 0.353 e. The Kier molecular flexibility index (Phi) is 3.85. The summed E-state index contributed by atoms with van der Waals surface area (Å²) in [6.45, 7) is 6.65. The third-order valence-corrected chi connectivity index (χ3v) is 4.10. The zero-order valence-electron chi connectivity index (χ0n) is 10.5. The SMILES string of the molecule is CC(CC(=O)NC1CC1C)C1CCCNC1. The van der Waals surface area contributed by atoms with E-state index >= 15 is 0 Å². The Hall–Kier alpha value is -0.570. The van der Waals surface area contributed by atoms with E-state index in [1.165, 1.54) is 19.3 Å². The number of amides is 1. The van der Waals surface area contributed by atoms with Gasteiger partial charge in [0.25, 0.3) is 0 Å². The molecule has 4 atom stereocenters. The van der Waals surface area contributed by atoms with E-state index in [9.17, 15) is 4.79 Å². The Labute approximate surface area is 98.4 Å². The monoisotopic (exact) mass is 224 g/mol. The van der Waals surface area contributed by atoms with Crippen LogP contribution in [0.2, 0.25) is 0 Å². The molecule has 3 nitrogen and oxygen atoms in total. The predicted molar refractivity (Wildman–Crippen MR) is 65.1 cm³/mol. The van der Waals surface area contributed by atoms with Gasteiger partial charge in [-0.2, -0.15) is 0 Å². The molecular weight excluding hydrogens is 200 g/mol. The van der Waals surface area contributed by atoms with Crippen LogP contribution in [0.15, 0.2) is 0 Å². The van der Waals surface area contributed by atoms with E-state index < -0.39 is 0 Å². The molecule has 1 aliphatic heterocycles. The maximum Gasteiger partial charge on any atom is 0.220 e. The average molecular weight is 224 g/mol. The van der Waals surface area contributed by atoms with E-state index in [2.05, 4.69) is 24.5 Å². The fourth-order valence-electron chi connectivity index (χ4n) is 2.61. The van der Waals surface area contributed by atoms with Crippen LogP contribution >= 0.6 is 0 Å². The highest BCUT2D eigenvalue weighted by atomic mass is 16.1. The molecule has 1 amide bonds. The van der Waals surface area contributed by atoms with Crippen LogP contribution in [0.4, 0.5) is 0 Å². The van der Waals surface area contributed by atoms with Crippen molar-refractivity contribution in [1.82, 2.24) is 10.6 Å².